The second-order valence-electron chi connectivity index (χ2n) is 6.06. The number of piperazine rings is 1. The van der Waals surface area contributed by atoms with Crippen molar-refractivity contribution in [1.82, 2.24) is 25.3 Å². The van der Waals surface area contributed by atoms with Crippen molar-refractivity contribution in [1.29, 1.82) is 0 Å². The molecule has 138 valence electrons. The molecular formula is C19H20N6OS. The van der Waals surface area contributed by atoms with Crippen LogP contribution in [0.1, 0.15) is 10.4 Å². The van der Waals surface area contributed by atoms with Crippen LogP contribution in [0.15, 0.2) is 49.1 Å². The van der Waals surface area contributed by atoms with Crippen molar-refractivity contribution >= 4 is 34.4 Å². The monoisotopic (exact) mass is 380 g/mol. The summed E-state index contributed by atoms with van der Waals surface area (Å²) < 4.78 is 0. The molecule has 3 heterocycles. The van der Waals surface area contributed by atoms with Gasteiger partial charge < -0.3 is 10.4 Å². The Balaban J connectivity index is 1.59. The summed E-state index contributed by atoms with van der Waals surface area (Å²) in [5, 5.41) is 18.1. The third-order valence-corrected chi connectivity index (χ3v) is 5.10. The summed E-state index contributed by atoms with van der Waals surface area (Å²) in [6, 6.07) is 9.06. The Morgan fingerprint density at radius 1 is 1.15 bits per heavy atom. The Labute approximate surface area is 161 Å². The molecule has 1 aromatic carbocycles. The molecule has 0 unspecified atom stereocenters. The summed E-state index contributed by atoms with van der Waals surface area (Å²) in [6.45, 7) is 3.63. The SMILES string of the molecule is Oc1cccc(C=Cc2cnc(N(c3ccncn3)N3CCNCC3)s2)c1. The van der Waals surface area contributed by atoms with Gasteiger partial charge in [0.05, 0.1) is 0 Å². The first kappa shape index (κ1) is 17.6. The van der Waals surface area contributed by atoms with Crippen molar-refractivity contribution in [3.63, 3.8) is 0 Å². The second kappa shape index (κ2) is 8.26. The van der Waals surface area contributed by atoms with E-state index in [-0.39, 0.29) is 5.75 Å². The molecule has 0 aliphatic carbocycles. The van der Waals surface area contributed by atoms with E-state index in [1.165, 1.54) is 0 Å². The molecule has 2 N–H and O–H groups in total. The molecule has 0 radical (unpaired) electrons. The van der Waals surface area contributed by atoms with E-state index in [0.717, 1.165) is 47.6 Å². The maximum absolute atomic E-state index is 9.58. The fraction of sp³-hybridized carbons (Fsp3) is 0.211. The number of benzene rings is 1. The molecule has 0 spiro atoms. The Morgan fingerprint density at radius 3 is 2.81 bits per heavy atom. The first-order valence-corrected chi connectivity index (χ1v) is 9.56. The van der Waals surface area contributed by atoms with Crippen LogP contribution in [0.2, 0.25) is 0 Å². The number of anilines is 2. The number of hydrazine groups is 1. The Bertz CT molecular complexity index is 907. The van der Waals surface area contributed by atoms with Crippen LogP contribution in [0.5, 0.6) is 5.75 Å². The van der Waals surface area contributed by atoms with Gasteiger partial charge in [0.15, 0.2) is 5.82 Å². The maximum atomic E-state index is 9.58. The minimum absolute atomic E-state index is 0.260. The van der Waals surface area contributed by atoms with Crippen LogP contribution in [-0.2, 0) is 0 Å². The molecule has 1 saturated heterocycles. The molecular weight excluding hydrogens is 360 g/mol. The average molecular weight is 380 g/mol. The van der Waals surface area contributed by atoms with Gasteiger partial charge in [0.1, 0.15) is 12.1 Å². The first-order chi connectivity index (χ1) is 13.3. The van der Waals surface area contributed by atoms with Crippen molar-refractivity contribution in [2.75, 3.05) is 31.2 Å². The quantitative estimate of drug-likeness (QED) is 0.705. The summed E-state index contributed by atoms with van der Waals surface area (Å²) in [7, 11) is 0. The number of phenols is 1. The van der Waals surface area contributed by atoms with Crippen LogP contribution >= 0.6 is 11.3 Å². The number of rotatable bonds is 5. The van der Waals surface area contributed by atoms with Gasteiger partial charge in [-0.2, -0.15) is 0 Å². The minimum Gasteiger partial charge on any atom is -0.508 e. The third-order valence-electron chi connectivity index (χ3n) is 4.16. The highest BCUT2D eigenvalue weighted by atomic mass is 32.1. The van der Waals surface area contributed by atoms with E-state index in [2.05, 4.69) is 30.3 Å². The van der Waals surface area contributed by atoms with Gasteiger partial charge in [-0.25, -0.2) is 25.0 Å². The highest BCUT2D eigenvalue weighted by Gasteiger charge is 2.23. The predicted molar refractivity (Wildman–Crippen MR) is 108 cm³/mol. The zero-order chi connectivity index (χ0) is 18.5. The van der Waals surface area contributed by atoms with Crippen LogP contribution in [0, 0.1) is 0 Å². The summed E-state index contributed by atoms with van der Waals surface area (Å²) in [4.78, 5) is 14.1. The Hall–Kier alpha value is -2.81. The molecule has 3 aromatic rings. The molecule has 0 saturated carbocycles. The molecule has 1 aliphatic heterocycles. The largest absolute Gasteiger partial charge is 0.508 e. The minimum atomic E-state index is 0.260. The van der Waals surface area contributed by atoms with E-state index >= 15 is 0 Å². The molecule has 7 nitrogen and oxygen atoms in total. The van der Waals surface area contributed by atoms with Gasteiger partial charge in [0, 0.05) is 49.5 Å². The van der Waals surface area contributed by atoms with Gasteiger partial charge in [0.2, 0.25) is 5.13 Å². The summed E-state index contributed by atoms with van der Waals surface area (Å²) in [6.07, 6.45) is 9.13. The van der Waals surface area contributed by atoms with E-state index in [4.69, 9.17) is 0 Å². The lowest BCUT2D eigenvalue weighted by molar-refractivity contribution is 0.242. The molecule has 1 fully saturated rings. The van der Waals surface area contributed by atoms with Gasteiger partial charge in [-0.05, 0) is 23.8 Å². The third kappa shape index (κ3) is 4.30. The lowest BCUT2D eigenvalue weighted by atomic mass is 10.2. The Morgan fingerprint density at radius 2 is 2.04 bits per heavy atom. The Kier molecular flexibility index (Phi) is 5.38. The van der Waals surface area contributed by atoms with Gasteiger partial charge in [-0.15, -0.1) is 0 Å². The van der Waals surface area contributed by atoms with Gasteiger partial charge in [-0.3, -0.25) is 0 Å². The molecule has 4 rings (SSSR count). The van der Waals surface area contributed by atoms with Crippen LogP contribution in [-0.4, -0.2) is 51.2 Å². The van der Waals surface area contributed by atoms with Gasteiger partial charge >= 0.3 is 0 Å². The van der Waals surface area contributed by atoms with Crippen molar-refractivity contribution in [2.24, 2.45) is 0 Å². The highest BCUT2D eigenvalue weighted by Crippen LogP contribution is 2.31. The highest BCUT2D eigenvalue weighted by molar-refractivity contribution is 7.16. The number of aromatic hydroxyl groups is 1. The number of phenolic OH excluding ortho intramolecular Hbond substituents is 1. The lowest BCUT2D eigenvalue weighted by Gasteiger charge is -2.36. The van der Waals surface area contributed by atoms with Crippen molar-refractivity contribution < 1.29 is 5.11 Å². The molecule has 1 aliphatic rings. The molecule has 2 aromatic heterocycles. The molecule has 0 bridgehead atoms. The summed E-state index contributed by atoms with van der Waals surface area (Å²) in [5.74, 6) is 1.07. The smallest absolute Gasteiger partial charge is 0.206 e. The van der Waals surface area contributed by atoms with Gasteiger partial charge in [-0.1, -0.05) is 29.5 Å². The molecule has 0 atom stereocenters. The fourth-order valence-corrected chi connectivity index (χ4v) is 3.74. The predicted octanol–water partition coefficient (Wildman–Crippen LogP) is 2.77. The van der Waals surface area contributed by atoms with Crippen molar-refractivity contribution in [3.05, 3.63) is 59.5 Å². The number of aromatic nitrogens is 3. The number of nitrogens with zero attached hydrogens (tertiary/aromatic N) is 5. The maximum Gasteiger partial charge on any atom is 0.206 e. The van der Waals surface area contributed by atoms with Crippen molar-refractivity contribution in [2.45, 2.75) is 0 Å². The van der Waals surface area contributed by atoms with E-state index in [1.54, 1.807) is 36.0 Å². The number of hydrogen-bond donors (Lipinski definition) is 2. The summed E-state index contributed by atoms with van der Waals surface area (Å²) >= 11 is 1.60. The van der Waals surface area contributed by atoms with Crippen LogP contribution < -0.4 is 10.3 Å². The fourth-order valence-electron chi connectivity index (χ4n) is 2.88. The first-order valence-electron chi connectivity index (χ1n) is 8.74. The van der Waals surface area contributed by atoms with E-state index in [1.807, 2.05) is 36.5 Å². The molecule has 0 amide bonds. The van der Waals surface area contributed by atoms with E-state index < -0.39 is 0 Å². The number of nitrogens with one attached hydrogen (secondary N) is 1. The average Bonchev–Trinajstić information content (AvgIpc) is 3.17. The summed E-state index contributed by atoms with van der Waals surface area (Å²) in [5.41, 5.74) is 0.944. The lowest BCUT2D eigenvalue weighted by Crippen LogP contribution is -2.51. The number of hydrogen-bond acceptors (Lipinski definition) is 8. The standard InChI is InChI=1S/C19H20N6OS/c26-16-3-1-2-15(12-16)4-5-17-13-22-19(27-17)25(18-6-7-21-14-23-18)24-10-8-20-9-11-24/h1-7,12-14,20,26H,8-11H2. The normalized spacial score (nSPS) is 15.3. The van der Waals surface area contributed by atoms with E-state index in [0.29, 0.717) is 0 Å². The zero-order valence-corrected chi connectivity index (χ0v) is 15.5. The molecule has 27 heavy (non-hydrogen) atoms. The topological polar surface area (TPSA) is 77.4 Å². The van der Waals surface area contributed by atoms with Gasteiger partial charge in [0.25, 0.3) is 0 Å². The van der Waals surface area contributed by atoms with Crippen molar-refractivity contribution in [3.8, 4) is 5.75 Å². The number of thiazole rings is 1. The van der Waals surface area contributed by atoms with Crippen LogP contribution in [0.3, 0.4) is 0 Å². The molecule has 8 heteroatoms. The van der Waals surface area contributed by atoms with Crippen LogP contribution in [0.4, 0.5) is 10.9 Å². The van der Waals surface area contributed by atoms with Crippen LogP contribution in [0.25, 0.3) is 12.2 Å². The zero-order valence-electron chi connectivity index (χ0n) is 14.7. The van der Waals surface area contributed by atoms with E-state index in [9.17, 15) is 5.11 Å². The second-order valence-corrected chi connectivity index (χ2v) is 7.10.